The molecule has 47 heteroatoms. The molecule has 1 rings (SSSR count). The number of isocyanates is 2. The van der Waals surface area contributed by atoms with Gasteiger partial charge in [0, 0.05) is 12.5 Å². The van der Waals surface area contributed by atoms with E-state index in [0.717, 1.165) is 5.32 Å². The van der Waals surface area contributed by atoms with Gasteiger partial charge in [0.1, 0.15) is 11.4 Å². The van der Waals surface area contributed by atoms with Crippen LogP contribution in [0.25, 0.3) is 0 Å². The highest BCUT2D eigenvalue weighted by atomic mass is 19.4. The van der Waals surface area contributed by atoms with Crippen LogP contribution in [0.1, 0.15) is 28.4 Å². The molecule has 456 valence electrons. The molecule has 0 aliphatic heterocycles. The third-order valence-corrected chi connectivity index (χ3v) is 9.97. The molecule has 0 fully saturated rings. The second-order valence-corrected chi connectivity index (χ2v) is 14.8. The summed E-state index contributed by atoms with van der Waals surface area (Å²) in [6.07, 6.45) is -7.87. The molecule has 0 atom stereocenters. The zero-order chi connectivity index (χ0) is 64.2. The van der Waals surface area contributed by atoms with E-state index in [0.29, 0.717) is 13.0 Å². The van der Waals surface area contributed by atoms with E-state index < -0.39 is 166 Å². The Balaban J connectivity index is 4.34. The maximum atomic E-state index is 15.7. The zero-order valence-corrected chi connectivity index (χ0v) is 35.5. The van der Waals surface area contributed by atoms with Crippen molar-refractivity contribution in [3.63, 3.8) is 0 Å². The van der Waals surface area contributed by atoms with E-state index in [2.05, 4.69) is 14.7 Å². The van der Waals surface area contributed by atoms with Gasteiger partial charge in [-0.25, -0.2) is 9.59 Å². The Morgan fingerprint density at radius 3 is 0.886 bits per heavy atom. The van der Waals surface area contributed by atoms with Crippen LogP contribution >= 0.6 is 0 Å². The molecule has 0 aliphatic carbocycles. The van der Waals surface area contributed by atoms with Crippen LogP contribution in [0.2, 0.25) is 0 Å². The molecule has 1 aromatic rings. The Hall–Kier alpha value is -5.81. The normalized spacial score (nSPS) is 15.6. The summed E-state index contributed by atoms with van der Waals surface area (Å²) in [5.74, 6) is -185. The average molecular weight is 1260 g/mol. The van der Waals surface area contributed by atoms with Gasteiger partial charge in [0.2, 0.25) is 12.2 Å². The molecule has 0 aliphatic rings. The number of halogens is 39. The van der Waals surface area contributed by atoms with Crippen molar-refractivity contribution in [1.29, 1.82) is 0 Å². The first kappa shape index (κ1) is 71.2. The van der Waals surface area contributed by atoms with E-state index in [4.69, 9.17) is 0 Å². The molecule has 0 spiro atoms. The summed E-state index contributed by atoms with van der Waals surface area (Å²) in [6, 6.07) is -0.679. The van der Waals surface area contributed by atoms with E-state index in [9.17, 15) is 173 Å². The Morgan fingerprint density at radius 2 is 0.658 bits per heavy atom. The molecule has 0 radical (unpaired) electrons. The van der Waals surface area contributed by atoms with Crippen LogP contribution in [0.5, 0.6) is 0 Å². The van der Waals surface area contributed by atoms with Gasteiger partial charge in [-0.3, -0.25) is 9.59 Å². The lowest BCUT2D eigenvalue weighted by Gasteiger charge is -2.47. The second kappa shape index (κ2) is 19.4. The number of nitrogens with zero attached hydrogens (tertiary/aromatic N) is 2. The van der Waals surface area contributed by atoms with Gasteiger partial charge in [-0.2, -0.15) is 181 Å². The molecule has 1 N–H and O–H groups in total. The number of amides is 1. The lowest BCUT2D eigenvalue weighted by molar-refractivity contribution is -0.495. The number of rotatable bonds is 23. The lowest BCUT2D eigenvalue weighted by Crippen LogP contribution is -2.80. The molecule has 1 amide bonds. The Bertz CT molecular complexity index is 2610. The Morgan fingerprint density at radius 1 is 0.418 bits per heavy atom. The van der Waals surface area contributed by atoms with Crippen LogP contribution in [-0.2, 0) is 25.0 Å². The van der Waals surface area contributed by atoms with Gasteiger partial charge in [-0.1, -0.05) is 0 Å². The molecule has 0 heterocycles. The van der Waals surface area contributed by atoms with Crippen LogP contribution < -0.4 is 5.32 Å². The van der Waals surface area contributed by atoms with Gasteiger partial charge in [-0.15, -0.1) is 0 Å². The monoisotopic (exact) mass is 1260 g/mol. The van der Waals surface area contributed by atoms with Gasteiger partial charge in [0.25, 0.3) is 5.91 Å². The molecular formula is C32H10F39N3O5. The Kier molecular flexibility index (Phi) is 17.5. The third-order valence-electron chi connectivity index (χ3n) is 9.97. The zero-order valence-electron chi connectivity index (χ0n) is 35.5. The minimum Gasteiger partial charge on any atom is -0.445 e. The maximum Gasteiger partial charge on any atom is 0.460 e. The van der Waals surface area contributed by atoms with Crippen LogP contribution in [-0.4, -0.2) is 138 Å². The number of esters is 1. The maximum absolute atomic E-state index is 15.7. The summed E-state index contributed by atoms with van der Waals surface area (Å²) in [4.78, 5) is 50.0. The summed E-state index contributed by atoms with van der Waals surface area (Å²) in [5.41, 5.74) is -12.3. The number of hydrogen-bond acceptors (Lipinski definition) is 7. The van der Waals surface area contributed by atoms with Crippen molar-refractivity contribution in [3.05, 3.63) is 22.8 Å². The van der Waals surface area contributed by atoms with Crippen molar-refractivity contribution in [2.24, 2.45) is 9.98 Å². The highest BCUT2D eigenvalue weighted by Gasteiger charge is 3.03. The van der Waals surface area contributed by atoms with E-state index in [1.165, 1.54) is 0 Å². The first-order valence-electron chi connectivity index (χ1n) is 17.8. The first-order valence-corrected chi connectivity index (χ1v) is 17.8. The van der Waals surface area contributed by atoms with E-state index in [1.807, 2.05) is 0 Å². The predicted molar refractivity (Wildman–Crippen MR) is 165 cm³/mol. The number of carbonyl (C=O) groups is 2. The summed E-state index contributed by atoms with van der Waals surface area (Å²) >= 11 is 0. The van der Waals surface area contributed by atoms with Crippen molar-refractivity contribution in [3.8, 4) is 0 Å². The van der Waals surface area contributed by atoms with E-state index >= 15 is 17.6 Å². The molecule has 0 bridgehead atoms. The number of aliphatic imine (C=N–C) groups is 2. The lowest BCUT2D eigenvalue weighted by atomic mass is 9.81. The van der Waals surface area contributed by atoms with E-state index in [-0.39, 0.29) is 13.0 Å². The van der Waals surface area contributed by atoms with Crippen molar-refractivity contribution in [2.45, 2.75) is 127 Å². The van der Waals surface area contributed by atoms with Crippen LogP contribution in [0.4, 0.5) is 183 Å². The van der Waals surface area contributed by atoms with Gasteiger partial charge >= 0.3 is 119 Å². The smallest absolute Gasteiger partial charge is 0.445 e. The summed E-state index contributed by atoms with van der Waals surface area (Å²) in [5, 5.41) is 1.04. The van der Waals surface area contributed by atoms with Crippen molar-refractivity contribution < 1.29 is 195 Å². The fourth-order valence-corrected chi connectivity index (χ4v) is 5.48. The molecule has 0 unspecified atom stereocenters. The van der Waals surface area contributed by atoms with Crippen LogP contribution in [0, 0.1) is 6.92 Å². The second-order valence-electron chi connectivity index (χ2n) is 14.8. The fourth-order valence-electron chi connectivity index (χ4n) is 5.48. The minimum absolute atomic E-state index is 0.269. The van der Waals surface area contributed by atoms with Crippen LogP contribution in [0.3, 0.4) is 0 Å². The topological polar surface area (TPSA) is 114 Å². The average Bonchev–Trinajstić information content (AvgIpc) is 3.25. The number of nitrogens with one attached hydrogen (secondary N) is 1. The summed E-state index contributed by atoms with van der Waals surface area (Å²) < 4.78 is 556. The molecule has 8 nitrogen and oxygen atoms in total. The predicted octanol–water partition coefficient (Wildman–Crippen LogP) is 13.6. The fraction of sp³-hybridized carbons (Fsp3) is 0.688. The highest BCUT2D eigenvalue weighted by molar-refractivity contribution is 5.99. The number of benzene rings is 1. The molecule has 0 aromatic heterocycles. The number of ether oxygens (including phenoxy) is 1. The van der Waals surface area contributed by atoms with Crippen LogP contribution in [0.15, 0.2) is 16.1 Å². The molecule has 0 saturated carbocycles. The van der Waals surface area contributed by atoms with Crippen molar-refractivity contribution >= 4 is 35.4 Å². The largest absolute Gasteiger partial charge is 0.460 e. The third kappa shape index (κ3) is 9.05. The molecule has 0 saturated heterocycles. The number of hydrogen-bond donors (Lipinski definition) is 1. The minimum atomic E-state index is -10.7. The summed E-state index contributed by atoms with van der Waals surface area (Å²) in [7, 11) is 0. The SMILES string of the molecule is CC(=O)OCNC(=O)c1cc(N=C=O)c(N=C=O)c(C)c1C(F)(F)C(F)(F)C(F)(F)C(F)(F)C(F)(F)C(F)(F)C(F)(F)C(F)(F)C(F)(F)C(F)(F)C(F)(F)C(F)(F)C(F)(F)C(F)(F)C(F)(F)C(F)(F)C(F)(F)C(F)(F)C(F)(F)F. The van der Waals surface area contributed by atoms with Gasteiger partial charge in [0.05, 0.1) is 5.56 Å². The molecular weight excluding hydrogens is 1250 g/mol. The van der Waals surface area contributed by atoms with Crippen molar-refractivity contribution in [2.75, 3.05) is 6.73 Å². The Labute approximate surface area is 402 Å². The van der Waals surface area contributed by atoms with Crippen molar-refractivity contribution in [1.82, 2.24) is 5.32 Å². The molecule has 1 aromatic carbocycles. The van der Waals surface area contributed by atoms with Gasteiger partial charge in [0.15, 0.2) is 6.73 Å². The first-order chi connectivity index (χ1) is 34.1. The number of alkyl halides is 39. The van der Waals surface area contributed by atoms with Gasteiger partial charge < -0.3 is 10.1 Å². The van der Waals surface area contributed by atoms with E-state index in [1.54, 1.807) is 0 Å². The molecule has 79 heavy (non-hydrogen) atoms. The quantitative estimate of drug-likeness (QED) is 0.0385. The number of carbonyl (C=O) groups excluding carboxylic acids is 4. The highest BCUT2D eigenvalue weighted by Crippen LogP contribution is 2.71. The summed E-state index contributed by atoms with van der Waals surface area (Å²) in [6.45, 7) is -1.66. The van der Waals surface area contributed by atoms with Gasteiger partial charge in [-0.05, 0) is 18.6 Å². The standard InChI is InChI=1S/C32H10F39N3O5/c1-7-11(9(13(78)74-6-79-8(2)77)3-10(72-4-75)12(7)73-5-76)14(33,34)15(35,36)16(37,38)17(39,40)18(41,42)19(43,44)20(45,46)21(47,48)22(49,50)23(51,52)24(53,54)25(55,56)26(57,58)27(59,60)28(61,62)29(63,64)30(65,66)31(67,68)32(69,70)71/h3H,6H2,1-2H3,(H,74,78).